The summed E-state index contributed by atoms with van der Waals surface area (Å²) >= 11 is 0. The van der Waals surface area contributed by atoms with E-state index < -0.39 is 20.7 Å². The Hall–Kier alpha value is -4.49. The number of allylic oxidation sites excluding steroid dienone is 1. The van der Waals surface area contributed by atoms with Crippen LogP contribution in [-0.2, 0) is 16.6 Å². The Bertz CT molecular complexity index is 2040. The predicted molar refractivity (Wildman–Crippen MR) is 187 cm³/mol. The lowest BCUT2D eigenvalue weighted by Crippen LogP contribution is -2.49. The van der Waals surface area contributed by atoms with Crippen LogP contribution in [0.1, 0.15) is 60.3 Å². The maximum absolute atomic E-state index is 14.1. The number of carbonyl (C=O) groups excluding carboxylic acids is 1. The molecule has 12 nitrogen and oxygen atoms in total. The number of carbonyl (C=O) groups is 1. The molecule has 1 saturated carbocycles. The Kier molecular flexibility index (Phi) is 8.94. The van der Waals surface area contributed by atoms with E-state index in [-0.39, 0.29) is 23.2 Å². The number of pyridine rings is 1. The van der Waals surface area contributed by atoms with Gasteiger partial charge in [-0.3, -0.25) is 14.5 Å². The number of fused-ring (bicyclic) bond motifs is 1. The highest BCUT2D eigenvalue weighted by Crippen LogP contribution is 2.49. The van der Waals surface area contributed by atoms with Crippen molar-refractivity contribution in [1.29, 1.82) is 0 Å². The topological polar surface area (TPSA) is 143 Å². The number of hydrogen-bond donors (Lipinski definition) is 2. The second-order valence-electron chi connectivity index (χ2n) is 13.1. The van der Waals surface area contributed by atoms with Crippen LogP contribution < -0.4 is 20.5 Å². The van der Waals surface area contributed by atoms with Gasteiger partial charge in [0.15, 0.2) is 0 Å². The standard InChI is InChI=1S/C35H43N7O5S/c1-7-8-35(9-10-35)48(45,46)42-21-23(4)31-27(32(43)36-20-28-30(47-6)15-24(5)39-33(28)44)16-25(17-29(31)42)26-18-37-34(38-19-26)41-13-11-40(12-14-41)22(2)3/h7,15-19,21-22H,1,8-14,20H2,2-6H3,(H,36,43)(H,39,44). The molecule has 4 heterocycles. The third-order valence-corrected chi connectivity index (χ3v) is 12.1. The van der Waals surface area contributed by atoms with E-state index in [1.807, 2.05) is 0 Å². The fourth-order valence-corrected chi connectivity index (χ4v) is 8.68. The number of piperazine rings is 1. The predicted octanol–water partition coefficient (Wildman–Crippen LogP) is 4.16. The van der Waals surface area contributed by atoms with E-state index in [9.17, 15) is 18.0 Å². The van der Waals surface area contributed by atoms with Crippen molar-refractivity contribution < 1.29 is 17.9 Å². The van der Waals surface area contributed by atoms with Crippen molar-refractivity contribution in [2.24, 2.45) is 0 Å². The SMILES string of the molecule is C=CCC1(S(=O)(=O)n2cc(C)c3c(C(=O)NCc4c(OC)cc(C)[nH]c4=O)cc(-c4cnc(N5CCN(C(C)C)CC5)nc4)cc32)CC1. The number of rotatable bonds is 11. The summed E-state index contributed by atoms with van der Waals surface area (Å²) in [6, 6.07) is 5.69. The smallest absolute Gasteiger partial charge is 0.256 e. The lowest BCUT2D eigenvalue weighted by Gasteiger charge is -2.36. The molecule has 0 atom stereocenters. The van der Waals surface area contributed by atoms with Gasteiger partial charge in [0.2, 0.25) is 16.0 Å². The number of methoxy groups -OCH3 is 1. The zero-order valence-corrected chi connectivity index (χ0v) is 29.0. The molecule has 4 aromatic rings. The lowest BCUT2D eigenvalue weighted by atomic mass is 9.99. The number of anilines is 1. The van der Waals surface area contributed by atoms with E-state index in [1.165, 1.54) is 11.1 Å². The monoisotopic (exact) mass is 673 g/mol. The Labute approximate surface area is 280 Å². The first kappa shape index (κ1) is 33.4. The minimum Gasteiger partial charge on any atom is -0.496 e. The van der Waals surface area contributed by atoms with E-state index in [0.29, 0.717) is 70.3 Å². The largest absolute Gasteiger partial charge is 0.496 e. The van der Waals surface area contributed by atoms with Crippen LogP contribution in [0.4, 0.5) is 5.95 Å². The van der Waals surface area contributed by atoms with E-state index >= 15 is 0 Å². The van der Waals surface area contributed by atoms with Gasteiger partial charge in [0.05, 0.1) is 29.5 Å². The zero-order valence-electron chi connectivity index (χ0n) is 28.2. The molecule has 1 amide bonds. The number of nitrogens with zero attached hydrogens (tertiary/aromatic N) is 5. The first-order valence-electron chi connectivity index (χ1n) is 16.3. The van der Waals surface area contributed by atoms with Crippen LogP contribution in [0.3, 0.4) is 0 Å². The molecule has 1 aliphatic heterocycles. The molecule has 1 aromatic carbocycles. The van der Waals surface area contributed by atoms with Crippen molar-refractivity contribution >= 4 is 32.8 Å². The molecule has 2 N–H and O–H groups in total. The molecule has 2 aliphatic rings. The maximum atomic E-state index is 14.1. The minimum absolute atomic E-state index is 0.0915. The van der Waals surface area contributed by atoms with Gasteiger partial charge in [-0.1, -0.05) is 6.08 Å². The number of aromatic nitrogens is 4. The molecule has 1 saturated heterocycles. The van der Waals surface area contributed by atoms with Gasteiger partial charge in [-0.05, 0) is 76.3 Å². The highest BCUT2D eigenvalue weighted by Gasteiger charge is 2.54. The summed E-state index contributed by atoms with van der Waals surface area (Å²) in [4.78, 5) is 43.4. The van der Waals surface area contributed by atoms with Gasteiger partial charge in [0.1, 0.15) is 5.75 Å². The van der Waals surface area contributed by atoms with Gasteiger partial charge in [-0.15, -0.1) is 6.58 Å². The molecule has 1 aliphatic carbocycles. The van der Waals surface area contributed by atoms with Gasteiger partial charge in [0.25, 0.3) is 11.5 Å². The van der Waals surface area contributed by atoms with Gasteiger partial charge in [0, 0.05) is 73.0 Å². The fourth-order valence-electron chi connectivity index (χ4n) is 6.62. The number of amides is 1. The average Bonchev–Trinajstić information content (AvgIpc) is 3.79. The van der Waals surface area contributed by atoms with Crippen molar-refractivity contribution in [3.05, 3.63) is 82.2 Å². The van der Waals surface area contributed by atoms with E-state index in [0.717, 1.165) is 26.2 Å². The average molecular weight is 674 g/mol. The Balaban J connectivity index is 1.40. The third kappa shape index (κ3) is 6.00. The summed E-state index contributed by atoms with van der Waals surface area (Å²) in [6.07, 6.45) is 8.09. The van der Waals surface area contributed by atoms with Gasteiger partial charge in [-0.25, -0.2) is 22.4 Å². The van der Waals surface area contributed by atoms with E-state index in [4.69, 9.17) is 4.74 Å². The number of nitrogens with one attached hydrogen (secondary N) is 2. The first-order chi connectivity index (χ1) is 22.9. The molecule has 48 heavy (non-hydrogen) atoms. The fraction of sp³-hybridized carbons (Fsp3) is 0.429. The maximum Gasteiger partial charge on any atom is 0.256 e. The molecule has 0 spiro atoms. The molecular weight excluding hydrogens is 630 g/mol. The number of ether oxygens (including phenoxy) is 1. The van der Waals surface area contributed by atoms with Crippen molar-refractivity contribution in [1.82, 2.24) is 29.1 Å². The molecule has 6 rings (SSSR count). The van der Waals surface area contributed by atoms with Crippen LogP contribution in [0.5, 0.6) is 5.75 Å². The second kappa shape index (κ2) is 12.8. The summed E-state index contributed by atoms with van der Waals surface area (Å²) in [5, 5.41) is 3.38. The van der Waals surface area contributed by atoms with E-state index in [1.54, 1.807) is 56.7 Å². The quantitative estimate of drug-likeness (QED) is 0.225. The van der Waals surface area contributed by atoms with Crippen molar-refractivity contribution in [3.8, 4) is 16.9 Å². The molecule has 0 unspecified atom stereocenters. The molecule has 13 heteroatoms. The Morgan fingerprint density at radius 1 is 1.10 bits per heavy atom. The Morgan fingerprint density at radius 3 is 2.40 bits per heavy atom. The van der Waals surface area contributed by atoms with Crippen LogP contribution in [0.2, 0.25) is 0 Å². The molecule has 0 bridgehead atoms. The van der Waals surface area contributed by atoms with Crippen molar-refractivity contribution in [2.45, 2.75) is 64.3 Å². The molecular formula is C35H43N7O5S. The summed E-state index contributed by atoms with van der Waals surface area (Å²) in [5.74, 6) is 0.527. The molecule has 3 aromatic heterocycles. The number of benzene rings is 1. The highest BCUT2D eigenvalue weighted by molar-refractivity contribution is 7.91. The third-order valence-electron chi connectivity index (χ3n) is 9.61. The molecule has 254 valence electrons. The van der Waals surface area contributed by atoms with E-state index in [2.05, 4.69) is 50.5 Å². The minimum atomic E-state index is -3.83. The Morgan fingerprint density at radius 2 is 1.79 bits per heavy atom. The van der Waals surface area contributed by atoms with Gasteiger partial charge in [-0.2, -0.15) is 0 Å². The summed E-state index contributed by atoms with van der Waals surface area (Å²) < 4.78 is 34.1. The summed E-state index contributed by atoms with van der Waals surface area (Å²) in [6.45, 7) is 15.1. The van der Waals surface area contributed by atoms with Crippen LogP contribution in [0, 0.1) is 13.8 Å². The second-order valence-corrected chi connectivity index (χ2v) is 15.3. The van der Waals surface area contributed by atoms with Crippen LogP contribution in [0.25, 0.3) is 22.0 Å². The number of aryl methyl sites for hydroxylation is 2. The zero-order chi connectivity index (χ0) is 34.4. The number of aromatic amines is 1. The number of hydrogen-bond acceptors (Lipinski definition) is 9. The lowest BCUT2D eigenvalue weighted by molar-refractivity contribution is 0.0952. The first-order valence-corrected chi connectivity index (χ1v) is 17.7. The van der Waals surface area contributed by atoms with Crippen LogP contribution >= 0.6 is 0 Å². The number of H-pyrrole nitrogens is 1. The normalized spacial score (nSPS) is 16.3. The molecule has 2 fully saturated rings. The summed E-state index contributed by atoms with van der Waals surface area (Å²) in [7, 11) is -2.36. The van der Waals surface area contributed by atoms with Gasteiger partial charge < -0.3 is 19.9 Å². The van der Waals surface area contributed by atoms with Crippen molar-refractivity contribution in [3.63, 3.8) is 0 Å². The van der Waals surface area contributed by atoms with Gasteiger partial charge >= 0.3 is 0 Å². The van der Waals surface area contributed by atoms with Crippen LogP contribution in [-0.4, -0.2) is 82.2 Å². The van der Waals surface area contributed by atoms with Crippen molar-refractivity contribution in [2.75, 3.05) is 38.2 Å². The molecule has 0 radical (unpaired) electrons. The van der Waals surface area contributed by atoms with Crippen LogP contribution in [0.15, 0.2) is 54.2 Å². The highest BCUT2D eigenvalue weighted by atomic mass is 32.2. The summed E-state index contributed by atoms with van der Waals surface area (Å²) in [5.41, 5.74) is 3.09.